The normalized spacial score (nSPS) is 18.1. The van der Waals surface area contributed by atoms with Crippen molar-refractivity contribution >= 4 is 42.1 Å². The molecule has 2 rings (SSSR count). The van der Waals surface area contributed by atoms with Crippen LogP contribution in [-0.2, 0) is 11.3 Å². The number of hydrogen-bond acceptors (Lipinski definition) is 4. The van der Waals surface area contributed by atoms with Crippen LogP contribution in [0.2, 0.25) is 0 Å². The van der Waals surface area contributed by atoms with Gasteiger partial charge in [-0.3, -0.25) is 4.79 Å². The molecule has 2 heterocycles. The van der Waals surface area contributed by atoms with E-state index in [4.69, 9.17) is 0 Å². The lowest BCUT2D eigenvalue weighted by molar-refractivity contribution is -0.134. The molecule has 0 aromatic carbocycles. The smallest absolute Gasteiger partial charge is 0.227 e. The Morgan fingerprint density at radius 1 is 1.65 bits per heavy atom. The summed E-state index contributed by atoms with van der Waals surface area (Å²) in [7, 11) is 1.85. The molecule has 1 aromatic rings. The van der Waals surface area contributed by atoms with Crippen LogP contribution in [0, 0.1) is 5.92 Å². The summed E-state index contributed by atoms with van der Waals surface area (Å²) in [5.41, 5.74) is 2.77. The Hall–Kier alpha value is -0.360. The number of carbonyl (C=O) groups excluding carboxylic acids is 1. The summed E-state index contributed by atoms with van der Waals surface area (Å²) in [6, 6.07) is 0. The number of carbonyl (C=O) groups is 1. The first-order chi connectivity index (χ1) is 7.27. The highest BCUT2D eigenvalue weighted by molar-refractivity contribution is 7.07. The maximum atomic E-state index is 11.9. The molecule has 1 fully saturated rings. The molecule has 1 aromatic heterocycles. The molecule has 0 saturated carbocycles. The predicted molar refractivity (Wildman–Crippen MR) is 74.1 cm³/mol. The number of halogens is 2. The molecule has 1 amide bonds. The van der Waals surface area contributed by atoms with Crippen molar-refractivity contribution < 1.29 is 4.79 Å². The van der Waals surface area contributed by atoms with Crippen LogP contribution in [0.4, 0.5) is 0 Å². The highest BCUT2D eigenvalue weighted by Crippen LogP contribution is 2.13. The van der Waals surface area contributed by atoms with E-state index >= 15 is 0 Å². The quantitative estimate of drug-likeness (QED) is 0.921. The highest BCUT2D eigenvalue weighted by atomic mass is 35.5. The van der Waals surface area contributed by atoms with Crippen molar-refractivity contribution in [3.05, 3.63) is 16.6 Å². The molecule has 0 radical (unpaired) electrons. The summed E-state index contributed by atoms with van der Waals surface area (Å²) in [5.74, 6) is 0.390. The number of nitrogens with one attached hydrogen (secondary N) is 1. The number of nitrogens with zero attached hydrogens (tertiary/aromatic N) is 2. The number of amides is 1. The van der Waals surface area contributed by atoms with Crippen LogP contribution in [0.5, 0.6) is 0 Å². The number of thiazole rings is 1. The minimum atomic E-state index is 0. The molecular formula is C10H17Cl2N3OS. The molecule has 1 aliphatic rings. The van der Waals surface area contributed by atoms with E-state index in [1.807, 2.05) is 12.4 Å². The van der Waals surface area contributed by atoms with Gasteiger partial charge in [0.15, 0.2) is 0 Å². The lowest BCUT2D eigenvalue weighted by Crippen LogP contribution is -2.33. The van der Waals surface area contributed by atoms with E-state index in [1.165, 1.54) is 0 Å². The molecule has 1 N–H and O–H groups in total. The second-order valence-electron chi connectivity index (χ2n) is 3.86. The Bertz CT molecular complexity index is 328. The van der Waals surface area contributed by atoms with Gasteiger partial charge >= 0.3 is 0 Å². The Balaban J connectivity index is 0.00000128. The van der Waals surface area contributed by atoms with Gasteiger partial charge in [-0.15, -0.1) is 36.2 Å². The monoisotopic (exact) mass is 297 g/mol. The van der Waals surface area contributed by atoms with Crippen molar-refractivity contribution in [2.24, 2.45) is 5.92 Å². The Morgan fingerprint density at radius 3 is 2.94 bits per heavy atom. The van der Waals surface area contributed by atoms with Crippen LogP contribution in [0.25, 0.3) is 0 Å². The lowest BCUT2D eigenvalue weighted by Gasteiger charge is -2.19. The zero-order valence-corrected chi connectivity index (χ0v) is 12.0. The van der Waals surface area contributed by atoms with Gasteiger partial charge in [-0.2, -0.15) is 0 Å². The molecule has 17 heavy (non-hydrogen) atoms. The molecule has 1 atom stereocenters. The van der Waals surface area contributed by atoms with E-state index in [2.05, 4.69) is 10.3 Å². The summed E-state index contributed by atoms with van der Waals surface area (Å²) in [6.07, 6.45) is 0.959. The summed E-state index contributed by atoms with van der Waals surface area (Å²) in [4.78, 5) is 17.9. The van der Waals surface area contributed by atoms with Crippen LogP contribution in [-0.4, -0.2) is 35.9 Å². The van der Waals surface area contributed by atoms with Crippen LogP contribution in [0.1, 0.15) is 12.1 Å². The standard InChI is InChI=1S/C10H15N3OS.2ClH/c1-13(5-9-6-15-7-12-9)10(14)8-2-3-11-4-8;;/h6-8,11H,2-5H2,1H3;2*1H. The summed E-state index contributed by atoms with van der Waals surface area (Å²) < 4.78 is 0. The summed E-state index contributed by atoms with van der Waals surface area (Å²) in [5, 5.41) is 5.19. The molecule has 1 saturated heterocycles. The summed E-state index contributed by atoms with van der Waals surface area (Å²) in [6.45, 7) is 2.40. The lowest BCUT2D eigenvalue weighted by atomic mass is 10.1. The van der Waals surface area contributed by atoms with E-state index in [0.717, 1.165) is 25.2 Å². The zero-order chi connectivity index (χ0) is 10.7. The van der Waals surface area contributed by atoms with E-state index in [9.17, 15) is 4.79 Å². The average Bonchev–Trinajstić information content (AvgIpc) is 2.88. The van der Waals surface area contributed by atoms with E-state index in [1.54, 1.807) is 21.7 Å². The van der Waals surface area contributed by atoms with E-state index in [-0.39, 0.29) is 36.6 Å². The van der Waals surface area contributed by atoms with Crippen LogP contribution < -0.4 is 5.32 Å². The second-order valence-corrected chi connectivity index (χ2v) is 4.58. The fourth-order valence-corrected chi connectivity index (χ4v) is 2.36. The number of rotatable bonds is 3. The number of aromatic nitrogens is 1. The topological polar surface area (TPSA) is 45.2 Å². The van der Waals surface area contributed by atoms with Crippen molar-refractivity contribution in [2.75, 3.05) is 20.1 Å². The van der Waals surface area contributed by atoms with Gasteiger partial charge in [-0.05, 0) is 13.0 Å². The molecule has 0 bridgehead atoms. The molecule has 7 heteroatoms. The highest BCUT2D eigenvalue weighted by Gasteiger charge is 2.25. The maximum Gasteiger partial charge on any atom is 0.227 e. The van der Waals surface area contributed by atoms with Crippen LogP contribution in [0.3, 0.4) is 0 Å². The van der Waals surface area contributed by atoms with Gasteiger partial charge < -0.3 is 10.2 Å². The first-order valence-electron chi connectivity index (χ1n) is 5.10. The average molecular weight is 298 g/mol. The van der Waals surface area contributed by atoms with Gasteiger partial charge in [0.25, 0.3) is 0 Å². The molecule has 98 valence electrons. The van der Waals surface area contributed by atoms with Gasteiger partial charge in [0.05, 0.1) is 23.7 Å². The zero-order valence-electron chi connectivity index (χ0n) is 9.59. The minimum Gasteiger partial charge on any atom is -0.340 e. The Morgan fingerprint density at radius 2 is 2.41 bits per heavy atom. The van der Waals surface area contributed by atoms with E-state index < -0.39 is 0 Å². The Kier molecular flexibility index (Phi) is 7.70. The minimum absolute atomic E-state index is 0. The Labute approximate surface area is 118 Å². The number of hydrogen-bond donors (Lipinski definition) is 1. The van der Waals surface area contributed by atoms with Crippen LogP contribution >= 0.6 is 36.2 Å². The van der Waals surface area contributed by atoms with Gasteiger partial charge in [-0.25, -0.2) is 4.98 Å². The van der Waals surface area contributed by atoms with Gasteiger partial charge in [0.2, 0.25) is 5.91 Å². The van der Waals surface area contributed by atoms with Crippen LogP contribution in [0.15, 0.2) is 10.9 Å². The predicted octanol–water partition coefficient (Wildman–Crippen LogP) is 1.55. The fourth-order valence-electron chi connectivity index (χ4n) is 1.81. The van der Waals surface area contributed by atoms with Gasteiger partial charge in [0.1, 0.15) is 0 Å². The van der Waals surface area contributed by atoms with E-state index in [0.29, 0.717) is 6.54 Å². The first-order valence-corrected chi connectivity index (χ1v) is 6.04. The van der Waals surface area contributed by atoms with Crippen molar-refractivity contribution in [3.8, 4) is 0 Å². The molecule has 1 aliphatic heterocycles. The second kappa shape index (κ2) is 7.87. The third kappa shape index (κ3) is 4.43. The third-order valence-electron chi connectivity index (χ3n) is 2.67. The SMILES string of the molecule is CN(Cc1cscn1)C(=O)C1CCNC1.Cl.Cl. The fraction of sp³-hybridized carbons (Fsp3) is 0.600. The molecule has 4 nitrogen and oxygen atoms in total. The molecule has 0 aliphatic carbocycles. The molecule has 0 spiro atoms. The molecular weight excluding hydrogens is 281 g/mol. The molecule has 1 unspecified atom stereocenters. The van der Waals surface area contributed by atoms with Crippen molar-refractivity contribution in [1.29, 1.82) is 0 Å². The third-order valence-corrected chi connectivity index (χ3v) is 3.30. The van der Waals surface area contributed by atoms with Gasteiger partial charge in [0, 0.05) is 19.0 Å². The van der Waals surface area contributed by atoms with Crippen molar-refractivity contribution in [1.82, 2.24) is 15.2 Å². The first kappa shape index (κ1) is 16.6. The van der Waals surface area contributed by atoms with Gasteiger partial charge in [-0.1, -0.05) is 0 Å². The largest absolute Gasteiger partial charge is 0.340 e. The van der Waals surface area contributed by atoms with Crippen molar-refractivity contribution in [3.63, 3.8) is 0 Å². The maximum absolute atomic E-state index is 11.9. The summed E-state index contributed by atoms with van der Waals surface area (Å²) >= 11 is 1.56. The van der Waals surface area contributed by atoms with Crippen molar-refractivity contribution in [2.45, 2.75) is 13.0 Å².